The zero-order valence-corrected chi connectivity index (χ0v) is 21.8. The molecular formula is C30H26N2O5S. The Hall–Kier alpha value is -4.43. The number of aliphatic hydroxyl groups is 1. The molecule has 0 saturated carbocycles. The highest BCUT2D eigenvalue weighted by atomic mass is 32.1. The van der Waals surface area contributed by atoms with Gasteiger partial charge in [0.15, 0.2) is 16.6 Å². The number of ether oxygens (including phenoxy) is 2. The first-order valence-electron chi connectivity index (χ1n) is 12.2. The number of aryl methyl sites for hydroxylation is 1. The number of thiazole rings is 1. The van der Waals surface area contributed by atoms with E-state index in [0.29, 0.717) is 34.4 Å². The third-order valence-electron chi connectivity index (χ3n) is 6.17. The Morgan fingerprint density at radius 2 is 1.87 bits per heavy atom. The first kappa shape index (κ1) is 25.2. The first-order chi connectivity index (χ1) is 18.4. The third-order valence-corrected chi connectivity index (χ3v) is 7.19. The quantitative estimate of drug-likeness (QED) is 0.127. The molecule has 1 saturated heterocycles. The van der Waals surface area contributed by atoms with Crippen molar-refractivity contribution < 1.29 is 24.2 Å². The summed E-state index contributed by atoms with van der Waals surface area (Å²) < 4.78 is 12.5. The topological polar surface area (TPSA) is 89.0 Å². The third kappa shape index (κ3) is 4.54. The van der Waals surface area contributed by atoms with E-state index in [1.54, 1.807) is 48.5 Å². The minimum atomic E-state index is -0.926. The fourth-order valence-electron chi connectivity index (χ4n) is 4.45. The Labute approximate surface area is 224 Å². The summed E-state index contributed by atoms with van der Waals surface area (Å²) in [4.78, 5) is 33.1. The average Bonchev–Trinajstić information content (AvgIpc) is 3.45. The van der Waals surface area contributed by atoms with Crippen molar-refractivity contribution in [2.75, 3.05) is 18.1 Å². The molecular weight excluding hydrogens is 500 g/mol. The molecule has 5 rings (SSSR count). The highest BCUT2D eigenvalue weighted by molar-refractivity contribution is 7.22. The summed E-state index contributed by atoms with van der Waals surface area (Å²) in [7, 11) is 0. The SMILES string of the molecule is C=CCOc1ccc(C2/C(=C(\O)c3ccccc3)C(=O)C(=O)N2c2nc3ccc(C)cc3s2)cc1OCC. The number of anilines is 1. The lowest BCUT2D eigenvalue weighted by Gasteiger charge is -2.24. The molecule has 1 unspecified atom stereocenters. The number of carbonyl (C=O) groups is 2. The standard InChI is InChI=1S/C30H26N2O5S/c1-4-15-37-22-14-12-20(17-23(22)36-5-2)26-25(27(33)19-9-7-6-8-10-19)28(34)29(35)32(26)30-31-21-13-11-18(3)16-24(21)38-30/h4,6-14,16-17,26,33H,1,5,15H2,2-3H3/b27-25+. The van der Waals surface area contributed by atoms with Crippen molar-refractivity contribution in [2.45, 2.75) is 19.9 Å². The molecule has 4 aromatic rings. The molecule has 0 aliphatic carbocycles. The van der Waals surface area contributed by atoms with Gasteiger partial charge in [0.2, 0.25) is 0 Å². The molecule has 0 radical (unpaired) electrons. The Morgan fingerprint density at radius 1 is 1.08 bits per heavy atom. The van der Waals surface area contributed by atoms with Gasteiger partial charge in [0.05, 0.1) is 28.4 Å². The van der Waals surface area contributed by atoms with Gasteiger partial charge in [0, 0.05) is 5.56 Å². The van der Waals surface area contributed by atoms with Crippen LogP contribution in [0.1, 0.15) is 29.7 Å². The second-order valence-corrected chi connectivity index (χ2v) is 9.75. The Morgan fingerprint density at radius 3 is 2.61 bits per heavy atom. The van der Waals surface area contributed by atoms with Crippen LogP contribution in [-0.2, 0) is 9.59 Å². The largest absolute Gasteiger partial charge is 0.507 e. The summed E-state index contributed by atoms with van der Waals surface area (Å²) in [5, 5.41) is 11.7. The normalized spacial score (nSPS) is 16.7. The summed E-state index contributed by atoms with van der Waals surface area (Å²) in [6.45, 7) is 8.20. The van der Waals surface area contributed by atoms with Crippen LogP contribution in [0, 0.1) is 6.92 Å². The van der Waals surface area contributed by atoms with Crippen LogP contribution in [-0.4, -0.2) is 35.0 Å². The molecule has 0 spiro atoms. The maximum absolute atomic E-state index is 13.5. The van der Waals surface area contributed by atoms with Crippen molar-refractivity contribution in [3.8, 4) is 11.5 Å². The van der Waals surface area contributed by atoms with E-state index in [0.717, 1.165) is 15.8 Å². The molecule has 38 heavy (non-hydrogen) atoms. The molecule has 192 valence electrons. The van der Waals surface area contributed by atoms with Crippen LogP contribution in [0.4, 0.5) is 5.13 Å². The van der Waals surface area contributed by atoms with Crippen molar-refractivity contribution in [1.29, 1.82) is 0 Å². The number of ketones is 1. The van der Waals surface area contributed by atoms with Gasteiger partial charge in [-0.15, -0.1) is 0 Å². The monoisotopic (exact) mass is 526 g/mol. The van der Waals surface area contributed by atoms with Gasteiger partial charge in [0.1, 0.15) is 12.4 Å². The number of aliphatic hydroxyl groups excluding tert-OH is 1. The van der Waals surface area contributed by atoms with Gasteiger partial charge in [-0.25, -0.2) is 4.98 Å². The summed E-state index contributed by atoms with van der Waals surface area (Å²) in [5.74, 6) is -0.827. The van der Waals surface area contributed by atoms with Crippen LogP contribution in [0.2, 0.25) is 0 Å². The number of hydrogen-bond acceptors (Lipinski definition) is 7. The fourth-order valence-corrected chi connectivity index (χ4v) is 5.54. The molecule has 0 bridgehead atoms. The predicted octanol–water partition coefficient (Wildman–Crippen LogP) is 6.19. The van der Waals surface area contributed by atoms with Crippen molar-refractivity contribution in [1.82, 2.24) is 4.98 Å². The van der Waals surface area contributed by atoms with Crippen molar-refractivity contribution in [3.05, 3.63) is 102 Å². The molecule has 1 aliphatic rings. The molecule has 1 aromatic heterocycles. The summed E-state index contributed by atoms with van der Waals surface area (Å²) in [6, 6.07) is 18.8. The molecule has 1 atom stereocenters. The van der Waals surface area contributed by atoms with E-state index in [2.05, 4.69) is 11.6 Å². The number of amides is 1. The molecule has 1 N–H and O–H groups in total. The second-order valence-electron chi connectivity index (χ2n) is 8.74. The zero-order valence-electron chi connectivity index (χ0n) is 21.0. The van der Waals surface area contributed by atoms with Gasteiger partial charge in [-0.05, 0) is 49.2 Å². The van der Waals surface area contributed by atoms with Crippen LogP contribution >= 0.6 is 11.3 Å². The molecule has 1 aliphatic heterocycles. The minimum absolute atomic E-state index is 0.0150. The van der Waals surface area contributed by atoms with Crippen molar-refractivity contribution >= 4 is 44.1 Å². The number of fused-ring (bicyclic) bond motifs is 1. The lowest BCUT2D eigenvalue weighted by Crippen LogP contribution is -2.29. The van der Waals surface area contributed by atoms with Gasteiger partial charge in [-0.2, -0.15) is 0 Å². The lowest BCUT2D eigenvalue weighted by molar-refractivity contribution is -0.132. The number of carbonyl (C=O) groups excluding carboxylic acids is 2. The molecule has 7 nitrogen and oxygen atoms in total. The van der Waals surface area contributed by atoms with E-state index < -0.39 is 17.7 Å². The van der Waals surface area contributed by atoms with Gasteiger partial charge < -0.3 is 14.6 Å². The maximum Gasteiger partial charge on any atom is 0.301 e. The van der Waals surface area contributed by atoms with Crippen LogP contribution in [0.15, 0.2) is 85.0 Å². The molecule has 3 aromatic carbocycles. The van der Waals surface area contributed by atoms with Crippen molar-refractivity contribution in [2.24, 2.45) is 0 Å². The van der Waals surface area contributed by atoms with E-state index in [9.17, 15) is 14.7 Å². The number of nitrogens with zero attached hydrogens (tertiary/aromatic N) is 2. The Bertz CT molecular complexity index is 1570. The highest BCUT2D eigenvalue weighted by Gasteiger charge is 2.48. The predicted molar refractivity (Wildman–Crippen MR) is 149 cm³/mol. The zero-order chi connectivity index (χ0) is 26.8. The van der Waals surface area contributed by atoms with Crippen LogP contribution in [0.25, 0.3) is 16.0 Å². The molecule has 2 heterocycles. The van der Waals surface area contributed by atoms with Crippen LogP contribution < -0.4 is 14.4 Å². The lowest BCUT2D eigenvalue weighted by atomic mass is 9.95. The molecule has 8 heteroatoms. The highest BCUT2D eigenvalue weighted by Crippen LogP contribution is 2.46. The number of hydrogen-bond donors (Lipinski definition) is 1. The van der Waals surface area contributed by atoms with E-state index in [1.165, 1.54) is 16.2 Å². The second kappa shape index (κ2) is 10.5. The molecule has 1 amide bonds. The fraction of sp³-hybridized carbons (Fsp3) is 0.167. The summed E-state index contributed by atoms with van der Waals surface area (Å²) in [6.07, 6.45) is 1.63. The van der Waals surface area contributed by atoms with E-state index in [-0.39, 0.29) is 17.9 Å². The number of Topliss-reactive ketones (excluding diaryl/α,β-unsaturated/α-hetero) is 1. The Balaban J connectivity index is 1.72. The molecule has 1 fully saturated rings. The van der Waals surface area contributed by atoms with Crippen molar-refractivity contribution in [3.63, 3.8) is 0 Å². The van der Waals surface area contributed by atoms with Gasteiger partial charge in [-0.1, -0.05) is 66.5 Å². The van der Waals surface area contributed by atoms with Gasteiger partial charge >= 0.3 is 5.91 Å². The van der Waals surface area contributed by atoms with Crippen LogP contribution in [0.5, 0.6) is 11.5 Å². The summed E-state index contributed by atoms with van der Waals surface area (Å²) >= 11 is 1.32. The maximum atomic E-state index is 13.5. The van der Waals surface area contributed by atoms with E-state index in [1.807, 2.05) is 38.1 Å². The first-order valence-corrected chi connectivity index (χ1v) is 13.0. The van der Waals surface area contributed by atoms with Gasteiger partial charge in [-0.3, -0.25) is 14.5 Å². The minimum Gasteiger partial charge on any atom is -0.507 e. The Kier molecular flexibility index (Phi) is 6.98. The smallest absolute Gasteiger partial charge is 0.301 e. The van der Waals surface area contributed by atoms with E-state index in [4.69, 9.17) is 9.47 Å². The summed E-state index contributed by atoms with van der Waals surface area (Å²) in [5.41, 5.74) is 2.78. The number of aromatic nitrogens is 1. The number of rotatable bonds is 8. The van der Waals surface area contributed by atoms with E-state index >= 15 is 0 Å². The van der Waals surface area contributed by atoms with Crippen LogP contribution in [0.3, 0.4) is 0 Å². The average molecular weight is 527 g/mol. The van der Waals surface area contributed by atoms with Gasteiger partial charge in [0.25, 0.3) is 5.78 Å². The number of benzene rings is 3.